The van der Waals surface area contributed by atoms with Gasteiger partial charge in [0.05, 0.1) is 17.9 Å². The van der Waals surface area contributed by atoms with Crippen LogP contribution in [-0.4, -0.2) is 23.0 Å². The zero-order valence-electron chi connectivity index (χ0n) is 11.3. The number of pyridine rings is 1. The molecule has 100 valence electrons. The molecule has 2 heterocycles. The van der Waals surface area contributed by atoms with Crippen molar-refractivity contribution in [3.8, 4) is 0 Å². The Balaban J connectivity index is 2.03. The van der Waals surface area contributed by atoms with Crippen LogP contribution >= 0.6 is 11.3 Å². The molecule has 5 heteroatoms. The lowest BCUT2D eigenvalue weighted by molar-refractivity contribution is 0.209. The van der Waals surface area contributed by atoms with E-state index in [0.29, 0.717) is 5.69 Å². The van der Waals surface area contributed by atoms with Crippen molar-refractivity contribution in [1.29, 1.82) is 0 Å². The van der Waals surface area contributed by atoms with Crippen LogP contribution in [0.2, 0.25) is 0 Å². The summed E-state index contributed by atoms with van der Waals surface area (Å²) in [4.78, 5) is 20.2. The largest absolute Gasteiger partial charge is 0.322 e. The van der Waals surface area contributed by atoms with E-state index in [-0.39, 0.29) is 12.1 Å². The number of nitrogens with one attached hydrogen (secondary N) is 1. The molecule has 0 aliphatic carbocycles. The Morgan fingerprint density at radius 1 is 1.42 bits per heavy atom. The monoisotopic (exact) mass is 275 g/mol. The summed E-state index contributed by atoms with van der Waals surface area (Å²) in [6.45, 7) is 4.09. The van der Waals surface area contributed by atoms with E-state index in [1.54, 1.807) is 41.7 Å². The smallest absolute Gasteiger partial charge is 0.320 e. The van der Waals surface area contributed by atoms with Crippen LogP contribution in [0, 0.1) is 6.92 Å². The maximum atomic E-state index is 12.1. The van der Waals surface area contributed by atoms with Crippen LogP contribution in [-0.2, 0) is 0 Å². The summed E-state index contributed by atoms with van der Waals surface area (Å²) in [5.41, 5.74) is 0.703. The summed E-state index contributed by atoms with van der Waals surface area (Å²) >= 11 is 1.71. The van der Waals surface area contributed by atoms with Crippen LogP contribution in [0.25, 0.3) is 0 Å². The van der Waals surface area contributed by atoms with Crippen molar-refractivity contribution >= 4 is 23.1 Å². The van der Waals surface area contributed by atoms with E-state index in [9.17, 15) is 4.79 Å². The maximum absolute atomic E-state index is 12.1. The van der Waals surface area contributed by atoms with E-state index in [4.69, 9.17) is 0 Å². The van der Waals surface area contributed by atoms with Gasteiger partial charge in [0, 0.05) is 23.0 Å². The molecule has 0 spiro atoms. The number of rotatable bonds is 3. The Bertz CT molecular complexity index is 553. The van der Waals surface area contributed by atoms with E-state index >= 15 is 0 Å². The van der Waals surface area contributed by atoms with Gasteiger partial charge in [0.2, 0.25) is 0 Å². The third-order valence-electron chi connectivity index (χ3n) is 2.99. The Kier molecular flexibility index (Phi) is 4.16. The Morgan fingerprint density at radius 3 is 2.79 bits per heavy atom. The molecule has 1 N–H and O–H groups in total. The number of anilines is 1. The van der Waals surface area contributed by atoms with Gasteiger partial charge in [-0.1, -0.05) is 0 Å². The molecular formula is C14H17N3OS. The molecule has 4 nitrogen and oxygen atoms in total. The fourth-order valence-electron chi connectivity index (χ4n) is 1.69. The summed E-state index contributed by atoms with van der Waals surface area (Å²) in [6, 6.07) is 7.67. The fraction of sp³-hybridized carbons (Fsp3) is 0.286. The van der Waals surface area contributed by atoms with Crippen LogP contribution in [0.3, 0.4) is 0 Å². The van der Waals surface area contributed by atoms with Crippen LogP contribution < -0.4 is 5.32 Å². The second kappa shape index (κ2) is 5.84. The average Bonchev–Trinajstić information content (AvgIpc) is 2.85. The first kappa shape index (κ1) is 13.5. The third kappa shape index (κ3) is 3.32. The summed E-state index contributed by atoms with van der Waals surface area (Å²) < 4.78 is 0. The van der Waals surface area contributed by atoms with Crippen molar-refractivity contribution in [2.24, 2.45) is 0 Å². The van der Waals surface area contributed by atoms with E-state index in [2.05, 4.69) is 29.4 Å². The van der Waals surface area contributed by atoms with Crippen LogP contribution in [0.4, 0.5) is 10.5 Å². The average molecular weight is 275 g/mol. The number of nitrogens with zero attached hydrogens (tertiary/aromatic N) is 2. The van der Waals surface area contributed by atoms with Gasteiger partial charge in [0.1, 0.15) is 0 Å². The van der Waals surface area contributed by atoms with Crippen molar-refractivity contribution in [2.45, 2.75) is 19.9 Å². The lowest BCUT2D eigenvalue weighted by Crippen LogP contribution is -2.33. The van der Waals surface area contributed by atoms with Gasteiger partial charge in [-0.25, -0.2) is 4.79 Å². The predicted octanol–water partition coefficient (Wildman–Crippen LogP) is 3.68. The molecule has 0 aromatic carbocycles. The summed E-state index contributed by atoms with van der Waals surface area (Å²) in [5.74, 6) is 0. The molecule has 0 aliphatic heterocycles. The number of amides is 2. The van der Waals surface area contributed by atoms with Gasteiger partial charge < -0.3 is 10.2 Å². The molecule has 0 radical (unpaired) electrons. The standard InChI is InChI=1S/C14H17N3OS/c1-10-6-7-13(19-10)11(2)17(3)14(18)16-12-5-4-8-15-9-12/h4-9,11H,1-3H3,(H,16,18)/t11-/m0/s1. The molecule has 0 saturated heterocycles. The highest BCUT2D eigenvalue weighted by molar-refractivity contribution is 7.12. The molecule has 2 amide bonds. The number of aryl methyl sites for hydroxylation is 1. The van der Waals surface area contributed by atoms with Gasteiger partial charge in [0.25, 0.3) is 0 Å². The topological polar surface area (TPSA) is 45.2 Å². The lowest BCUT2D eigenvalue weighted by Gasteiger charge is -2.24. The molecule has 19 heavy (non-hydrogen) atoms. The normalized spacial score (nSPS) is 11.9. The highest BCUT2D eigenvalue weighted by Crippen LogP contribution is 2.26. The van der Waals surface area contributed by atoms with Gasteiger partial charge in [-0.3, -0.25) is 4.98 Å². The van der Waals surface area contributed by atoms with Gasteiger partial charge >= 0.3 is 6.03 Å². The van der Waals surface area contributed by atoms with Crippen LogP contribution in [0.15, 0.2) is 36.7 Å². The minimum atomic E-state index is -0.133. The van der Waals surface area contributed by atoms with Gasteiger partial charge in [-0.2, -0.15) is 0 Å². The summed E-state index contributed by atoms with van der Waals surface area (Å²) in [6.07, 6.45) is 3.31. The SMILES string of the molecule is Cc1ccc([C@H](C)N(C)C(=O)Nc2cccnc2)s1. The maximum Gasteiger partial charge on any atom is 0.322 e. The molecule has 0 bridgehead atoms. The van der Waals surface area contributed by atoms with Crippen molar-refractivity contribution in [3.05, 3.63) is 46.4 Å². The minimum absolute atomic E-state index is 0.0513. The lowest BCUT2D eigenvalue weighted by atomic mass is 10.2. The quantitative estimate of drug-likeness (QED) is 0.928. The number of hydrogen-bond acceptors (Lipinski definition) is 3. The zero-order valence-corrected chi connectivity index (χ0v) is 12.1. The Labute approximate surface area is 117 Å². The Hall–Kier alpha value is -1.88. The summed E-state index contributed by atoms with van der Waals surface area (Å²) in [5, 5.41) is 2.83. The Morgan fingerprint density at radius 2 is 2.21 bits per heavy atom. The number of carbonyl (C=O) groups is 1. The highest BCUT2D eigenvalue weighted by atomic mass is 32.1. The van der Waals surface area contributed by atoms with Gasteiger partial charge in [-0.05, 0) is 38.1 Å². The molecule has 2 rings (SSSR count). The van der Waals surface area contributed by atoms with Gasteiger partial charge in [0.15, 0.2) is 0 Å². The molecule has 2 aromatic rings. The molecule has 1 atom stereocenters. The van der Waals surface area contributed by atoms with Gasteiger partial charge in [-0.15, -0.1) is 11.3 Å². The number of hydrogen-bond donors (Lipinski definition) is 1. The van der Waals surface area contributed by atoms with E-state index in [1.165, 1.54) is 9.75 Å². The van der Waals surface area contributed by atoms with E-state index in [0.717, 1.165) is 0 Å². The summed E-state index contributed by atoms with van der Waals surface area (Å²) in [7, 11) is 1.80. The second-order valence-corrected chi connectivity index (χ2v) is 5.73. The molecule has 0 fully saturated rings. The molecule has 2 aromatic heterocycles. The minimum Gasteiger partial charge on any atom is -0.320 e. The number of thiophene rings is 1. The predicted molar refractivity (Wildman–Crippen MR) is 78.5 cm³/mol. The molecule has 0 saturated carbocycles. The second-order valence-electron chi connectivity index (χ2n) is 4.41. The third-order valence-corrected chi connectivity index (χ3v) is 4.16. The molecule has 0 aliphatic rings. The highest BCUT2D eigenvalue weighted by Gasteiger charge is 2.18. The van der Waals surface area contributed by atoms with E-state index < -0.39 is 0 Å². The van der Waals surface area contributed by atoms with Crippen molar-refractivity contribution < 1.29 is 4.79 Å². The van der Waals surface area contributed by atoms with Crippen molar-refractivity contribution in [1.82, 2.24) is 9.88 Å². The molecular weight excluding hydrogens is 258 g/mol. The van der Waals surface area contributed by atoms with Crippen LogP contribution in [0.5, 0.6) is 0 Å². The van der Waals surface area contributed by atoms with Crippen molar-refractivity contribution in [3.63, 3.8) is 0 Å². The van der Waals surface area contributed by atoms with E-state index in [1.807, 2.05) is 13.0 Å². The number of aromatic nitrogens is 1. The molecule has 0 unspecified atom stereocenters. The van der Waals surface area contributed by atoms with Crippen LogP contribution in [0.1, 0.15) is 22.7 Å². The first-order valence-electron chi connectivity index (χ1n) is 6.08. The zero-order chi connectivity index (χ0) is 13.8. The number of urea groups is 1. The first-order chi connectivity index (χ1) is 9.08. The number of carbonyl (C=O) groups excluding carboxylic acids is 1. The fourth-order valence-corrected chi connectivity index (χ4v) is 2.67. The first-order valence-corrected chi connectivity index (χ1v) is 6.90. The van der Waals surface area contributed by atoms with Crippen molar-refractivity contribution in [2.75, 3.05) is 12.4 Å².